The van der Waals surface area contributed by atoms with E-state index in [1.54, 1.807) is 37.4 Å². The summed E-state index contributed by atoms with van der Waals surface area (Å²) in [4.78, 5) is 0.553. The van der Waals surface area contributed by atoms with Crippen LogP contribution < -0.4 is 10.5 Å². The molecule has 6 heteroatoms. The monoisotopic (exact) mass is 347 g/mol. The van der Waals surface area contributed by atoms with Gasteiger partial charge in [-0.05, 0) is 29.8 Å². The van der Waals surface area contributed by atoms with Gasteiger partial charge in [0.05, 0.1) is 22.2 Å². The van der Waals surface area contributed by atoms with E-state index in [9.17, 15) is 8.42 Å². The van der Waals surface area contributed by atoms with E-state index in [0.717, 1.165) is 11.3 Å². The fourth-order valence-electron chi connectivity index (χ4n) is 3.00. The number of nitrogens with two attached hydrogens (primary N) is 1. The van der Waals surface area contributed by atoms with E-state index in [1.807, 2.05) is 24.3 Å². The molecule has 0 radical (unpaired) electrons. The van der Waals surface area contributed by atoms with Crippen molar-refractivity contribution in [3.63, 3.8) is 0 Å². The van der Waals surface area contributed by atoms with Gasteiger partial charge in [-0.25, -0.2) is 8.42 Å². The van der Waals surface area contributed by atoms with Crippen LogP contribution in [0.15, 0.2) is 59.5 Å². The third-order valence-electron chi connectivity index (χ3n) is 4.21. The van der Waals surface area contributed by atoms with Crippen LogP contribution in [0.2, 0.25) is 0 Å². The molecule has 0 bridgehead atoms. The van der Waals surface area contributed by atoms with E-state index in [4.69, 9.17) is 22.7 Å². The SMILES string of the molecule is COc1ccc([C@@H]2[C@H](C(N)=S)[C@@H]2S(=O)(=O)c2ccccc2)cc1. The third-order valence-corrected chi connectivity index (χ3v) is 6.72. The first-order valence-electron chi connectivity index (χ1n) is 7.19. The van der Waals surface area contributed by atoms with Gasteiger partial charge < -0.3 is 10.5 Å². The minimum absolute atomic E-state index is 0.205. The minimum atomic E-state index is -3.47. The summed E-state index contributed by atoms with van der Waals surface area (Å²) in [7, 11) is -1.88. The molecule has 1 fully saturated rings. The van der Waals surface area contributed by atoms with Gasteiger partial charge in [-0.3, -0.25) is 0 Å². The number of sulfone groups is 1. The van der Waals surface area contributed by atoms with Crippen molar-refractivity contribution in [2.45, 2.75) is 16.1 Å². The van der Waals surface area contributed by atoms with Crippen molar-refractivity contribution in [1.29, 1.82) is 0 Å². The van der Waals surface area contributed by atoms with Crippen LogP contribution in [0.3, 0.4) is 0 Å². The first-order valence-corrected chi connectivity index (χ1v) is 9.14. The van der Waals surface area contributed by atoms with Crippen LogP contribution in [0, 0.1) is 5.92 Å². The fraction of sp³-hybridized carbons (Fsp3) is 0.235. The van der Waals surface area contributed by atoms with Crippen LogP contribution in [-0.4, -0.2) is 25.8 Å². The second-order valence-corrected chi connectivity index (χ2v) is 8.13. The molecule has 2 aromatic carbocycles. The molecular formula is C17H17NO3S2. The van der Waals surface area contributed by atoms with Crippen LogP contribution in [0.5, 0.6) is 5.75 Å². The Hall–Kier alpha value is -1.92. The Bertz CT molecular complexity index is 817. The van der Waals surface area contributed by atoms with E-state index in [2.05, 4.69) is 0 Å². The number of hydrogen-bond acceptors (Lipinski definition) is 4. The van der Waals surface area contributed by atoms with E-state index in [1.165, 1.54) is 0 Å². The predicted molar refractivity (Wildman–Crippen MR) is 93.4 cm³/mol. The Morgan fingerprint density at radius 1 is 1.09 bits per heavy atom. The first-order chi connectivity index (χ1) is 11.0. The van der Waals surface area contributed by atoms with Crippen molar-refractivity contribution < 1.29 is 13.2 Å². The molecule has 3 rings (SSSR count). The minimum Gasteiger partial charge on any atom is -0.497 e. The summed E-state index contributed by atoms with van der Waals surface area (Å²) in [6.45, 7) is 0. The molecule has 0 unspecified atom stereocenters. The Balaban J connectivity index is 1.96. The molecule has 0 heterocycles. The maximum Gasteiger partial charge on any atom is 0.182 e. The first kappa shape index (κ1) is 16.0. The lowest BCUT2D eigenvalue weighted by molar-refractivity contribution is 0.414. The predicted octanol–water partition coefficient (Wildman–Crippen LogP) is 2.54. The van der Waals surface area contributed by atoms with Gasteiger partial charge >= 0.3 is 0 Å². The van der Waals surface area contributed by atoms with Crippen LogP contribution in [-0.2, 0) is 9.84 Å². The average Bonchev–Trinajstić information content (AvgIpc) is 3.32. The number of thiocarbonyl (C=S) groups is 1. The zero-order chi connectivity index (χ0) is 16.6. The summed E-state index contributed by atoms with van der Waals surface area (Å²) in [5.41, 5.74) is 6.70. The number of hydrogen-bond donors (Lipinski definition) is 1. The lowest BCUT2D eigenvalue weighted by Crippen LogP contribution is -2.17. The van der Waals surface area contributed by atoms with E-state index < -0.39 is 15.1 Å². The van der Waals surface area contributed by atoms with Crippen LogP contribution in [0.4, 0.5) is 0 Å². The summed E-state index contributed by atoms with van der Waals surface area (Å²) in [5.74, 6) is 0.191. The standard InChI is InChI=1S/C17H17NO3S2/c1-21-12-9-7-11(8-10-12)14-15(17(18)22)16(14)23(19,20)13-5-3-2-4-6-13/h2-10,14-16H,1H3,(H2,18,22)/t14-,15+,16-/m1/s1. The van der Waals surface area contributed by atoms with Gasteiger partial charge in [0.1, 0.15) is 5.75 Å². The Morgan fingerprint density at radius 3 is 2.22 bits per heavy atom. The molecule has 120 valence electrons. The quantitative estimate of drug-likeness (QED) is 0.842. The molecule has 2 N–H and O–H groups in total. The molecule has 4 nitrogen and oxygen atoms in total. The summed E-state index contributed by atoms with van der Waals surface area (Å²) >= 11 is 5.09. The topological polar surface area (TPSA) is 69.4 Å². The van der Waals surface area contributed by atoms with Gasteiger partial charge in [0.2, 0.25) is 0 Å². The molecule has 0 saturated heterocycles. The summed E-state index contributed by atoms with van der Waals surface area (Å²) in [5, 5.41) is -0.601. The van der Waals surface area contributed by atoms with Gasteiger partial charge in [0.25, 0.3) is 0 Å². The van der Waals surface area contributed by atoms with Crippen molar-refractivity contribution in [3.8, 4) is 5.75 Å². The number of methoxy groups -OCH3 is 1. The summed E-state index contributed by atoms with van der Waals surface area (Å²) in [6.07, 6.45) is 0. The molecule has 1 saturated carbocycles. The molecule has 0 spiro atoms. The number of ether oxygens (including phenoxy) is 1. The van der Waals surface area contributed by atoms with Crippen molar-refractivity contribution in [1.82, 2.24) is 0 Å². The highest BCUT2D eigenvalue weighted by Gasteiger charge is 2.60. The highest BCUT2D eigenvalue weighted by molar-refractivity contribution is 7.92. The maximum absolute atomic E-state index is 12.9. The van der Waals surface area contributed by atoms with Gasteiger partial charge in [-0.2, -0.15) is 0 Å². The van der Waals surface area contributed by atoms with Crippen molar-refractivity contribution in [2.75, 3.05) is 7.11 Å². The summed E-state index contributed by atoms with van der Waals surface area (Å²) in [6, 6.07) is 15.8. The second kappa shape index (κ2) is 5.94. The fourth-order valence-corrected chi connectivity index (χ4v) is 5.55. The molecular weight excluding hydrogens is 330 g/mol. The Labute approximate surface area is 141 Å². The zero-order valence-electron chi connectivity index (χ0n) is 12.5. The molecule has 1 aliphatic rings. The zero-order valence-corrected chi connectivity index (χ0v) is 14.2. The maximum atomic E-state index is 12.9. The van der Waals surface area contributed by atoms with E-state index in [-0.39, 0.29) is 16.8 Å². The largest absolute Gasteiger partial charge is 0.497 e. The van der Waals surface area contributed by atoms with Crippen molar-refractivity contribution in [3.05, 3.63) is 60.2 Å². The van der Waals surface area contributed by atoms with Gasteiger partial charge in [-0.15, -0.1) is 0 Å². The normalized spacial score (nSPS) is 23.3. The number of rotatable bonds is 5. The molecule has 23 heavy (non-hydrogen) atoms. The molecule has 2 aromatic rings. The highest BCUT2D eigenvalue weighted by Crippen LogP contribution is 2.54. The Morgan fingerprint density at radius 2 is 1.70 bits per heavy atom. The molecule has 0 aliphatic heterocycles. The Kier molecular flexibility index (Phi) is 4.12. The van der Waals surface area contributed by atoms with Gasteiger partial charge in [-0.1, -0.05) is 42.5 Å². The van der Waals surface area contributed by atoms with Crippen molar-refractivity contribution in [2.24, 2.45) is 11.7 Å². The third kappa shape index (κ3) is 2.84. The molecule has 0 amide bonds. The van der Waals surface area contributed by atoms with Gasteiger partial charge in [0.15, 0.2) is 9.84 Å². The second-order valence-electron chi connectivity index (χ2n) is 5.55. The average molecular weight is 347 g/mol. The van der Waals surface area contributed by atoms with E-state index in [0.29, 0.717) is 4.90 Å². The van der Waals surface area contributed by atoms with Crippen LogP contribution >= 0.6 is 12.2 Å². The highest BCUT2D eigenvalue weighted by atomic mass is 32.2. The molecule has 0 aromatic heterocycles. The van der Waals surface area contributed by atoms with E-state index >= 15 is 0 Å². The van der Waals surface area contributed by atoms with Crippen LogP contribution in [0.25, 0.3) is 0 Å². The molecule has 1 aliphatic carbocycles. The van der Waals surface area contributed by atoms with Crippen molar-refractivity contribution >= 4 is 27.0 Å². The molecule has 3 atom stereocenters. The summed E-state index contributed by atoms with van der Waals surface area (Å²) < 4.78 is 30.9. The smallest absolute Gasteiger partial charge is 0.182 e. The lowest BCUT2D eigenvalue weighted by atomic mass is 10.1. The van der Waals surface area contributed by atoms with Crippen LogP contribution in [0.1, 0.15) is 11.5 Å². The lowest BCUT2D eigenvalue weighted by Gasteiger charge is -2.05. The van der Waals surface area contributed by atoms with Gasteiger partial charge in [0, 0.05) is 11.8 Å². The number of benzene rings is 2.